The van der Waals surface area contributed by atoms with Gasteiger partial charge in [-0.2, -0.15) is 0 Å². The number of nitrogens with one attached hydrogen (secondary N) is 1. The minimum absolute atomic E-state index is 0.393. The van der Waals surface area contributed by atoms with Crippen molar-refractivity contribution in [2.75, 3.05) is 5.32 Å². The van der Waals surface area contributed by atoms with Gasteiger partial charge in [0.05, 0.1) is 26.8 Å². The van der Waals surface area contributed by atoms with Gasteiger partial charge >= 0.3 is 5.97 Å². The van der Waals surface area contributed by atoms with Crippen LogP contribution in [0.15, 0.2) is 47.8 Å². The predicted octanol–water partition coefficient (Wildman–Crippen LogP) is 6.34. The first-order chi connectivity index (χ1) is 16.4. The lowest BCUT2D eigenvalue weighted by Gasteiger charge is -2.15. The summed E-state index contributed by atoms with van der Waals surface area (Å²) in [5, 5.41) is 6.54. The first-order valence-electron chi connectivity index (χ1n) is 10.7. The number of pyridine rings is 1. The number of hydrogen-bond acceptors (Lipinski definition) is 6. The number of nitrogens with zero attached hydrogens (tertiary/aromatic N) is 2. The van der Waals surface area contributed by atoms with Crippen molar-refractivity contribution in [3.63, 3.8) is 0 Å². The van der Waals surface area contributed by atoms with Crippen LogP contribution in [-0.2, 0) is 22.4 Å². The second-order valence-electron chi connectivity index (χ2n) is 7.99. The van der Waals surface area contributed by atoms with Crippen LogP contribution in [0.5, 0.6) is 0 Å². The zero-order chi connectivity index (χ0) is 23.8. The topological polar surface area (TPSA) is 81.2 Å². The van der Waals surface area contributed by atoms with Crippen molar-refractivity contribution in [2.45, 2.75) is 32.3 Å². The van der Waals surface area contributed by atoms with Crippen LogP contribution >= 0.6 is 34.5 Å². The largest absolute Gasteiger partial charge is 0.449 e. The third-order valence-corrected chi connectivity index (χ3v) is 7.22. The molecule has 0 unspecified atom stereocenters. The van der Waals surface area contributed by atoms with Gasteiger partial charge in [0.2, 0.25) is 0 Å². The number of fused-ring (bicyclic) bond motifs is 2. The third kappa shape index (κ3) is 4.39. The van der Waals surface area contributed by atoms with E-state index in [0.29, 0.717) is 26.4 Å². The standard InChI is InChI=1S/C25H19Cl2N3O3S/c1-13(23(31)30-25-29-21(12-34-25)14-9-10-17(26)18(27)11-14)33-24(32)22-15-5-2-3-7-19(15)28-20-8-4-6-16(20)22/h2-3,5,7,9-13H,4,6,8H2,1H3,(H,29,30,31)/t13-/m0/s1. The molecule has 172 valence electrons. The van der Waals surface area contributed by atoms with Gasteiger partial charge in [0, 0.05) is 22.0 Å². The van der Waals surface area contributed by atoms with Gasteiger partial charge in [-0.25, -0.2) is 9.78 Å². The smallest absolute Gasteiger partial charge is 0.339 e. The lowest BCUT2D eigenvalue weighted by atomic mass is 10.0. The molecule has 0 bridgehead atoms. The lowest BCUT2D eigenvalue weighted by Crippen LogP contribution is -2.30. The van der Waals surface area contributed by atoms with Gasteiger partial charge in [0.1, 0.15) is 0 Å². The number of carbonyl (C=O) groups excluding carboxylic acids is 2. The Morgan fingerprint density at radius 3 is 2.74 bits per heavy atom. The number of benzene rings is 2. The number of anilines is 1. The number of amides is 1. The van der Waals surface area contributed by atoms with Crippen molar-refractivity contribution < 1.29 is 14.3 Å². The molecule has 34 heavy (non-hydrogen) atoms. The van der Waals surface area contributed by atoms with Gasteiger partial charge in [0.15, 0.2) is 11.2 Å². The molecule has 9 heteroatoms. The summed E-state index contributed by atoms with van der Waals surface area (Å²) in [6.45, 7) is 1.55. The van der Waals surface area contributed by atoms with Crippen LogP contribution in [0.3, 0.4) is 0 Å². The van der Waals surface area contributed by atoms with E-state index in [1.165, 1.54) is 11.3 Å². The average Bonchev–Trinajstić information content (AvgIpc) is 3.48. The van der Waals surface area contributed by atoms with Gasteiger partial charge in [-0.15, -0.1) is 11.3 Å². The van der Waals surface area contributed by atoms with Crippen LogP contribution in [0.25, 0.3) is 22.2 Å². The molecule has 1 amide bonds. The Balaban J connectivity index is 1.32. The van der Waals surface area contributed by atoms with Gasteiger partial charge in [0.25, 0.3) is 5.91 Å². The van der Waals surface area contributed by atoms with Crippen LogP contribution < -0.4 is 5.32 Å². The maximum atomic E-state index is 13.2. The Kier molecular flexibility index (Phi) is 6.25. The predicted molar refractivity (Wildman–Crippen MR) is 135 cm³/mol. The van der Waals surface area contributed by atoms with Gasteiger partial charge in [-0.05, 0) is 49.9 Å². The second-order valence-corrected chi connectivity index (χ2v) is 9.66. The summed E-state index contributed by atoms with van der Waals surface area (Å²) < 4.78 is 5.59. The van der Waals surface area contributed by atoms with E-state index in [1.54, 1.807) is 30.5 Å². The molecule has 6 nitrogen and oxygen atoms in total. The quantitative estimate of drug-likeness (QED) is 0.316. The van der Waals surface area contributed by atoms with Crippen LogP contribution in [0, 0.1) is 0 Å². The van der Waals surface area contributed by atoms with E-state index in [-0.39, 0.29) is 0 Å². The molecule has 0 aliphatic heterocycles. The molecule has 0 spiro atoms. The summed E-state index contributed by atoms with van der Waals surface area (Å²) in [7, 11) is 0. The fourth-order valence-electron chi connectivity index (χ4n) is 4.04. The maximum absolute atomic E-state index is 13.2. The molecule has 4 aromatic rings. The molecule has 0 fully saturated rings. The number of aryl methyl sites for hydroxylation is 1. The highest BCUT2D eigenvalue weighted by Crippen LogP contribution is 2.32. The first kappa shape index (κ1) is 22.8. The molecule has 1 aliphatic carbocycles. The average molecular weight is 512 g/mol. The molecule has 2 heterocycles. The monoisotopic (exact) mass is 511 g/mol. The van der Waals surface area contributed by atoms with Crippen molar-refractivity contribution in [1.29, 1.82) is 0 Å². The van der Waals surface area contributed by atoms with Gasteiger partial charge in [-0.1, -0.05) is 47.5 Å². The number of para-hydroxylation sites is 1. The Morgan fingerprint density at radius 2 is 1.91 bits per heavy atom. The van der Waals surface area contributed by atoms with Crippen LogP contribution in [-0.4, -0.2) is 27.9 Å². The SMILES string of the molecule is C[C@H](OC(=O)c1c2c(nc3ccccc13)CCC2)C(=O)Nc1nc(-c2ccc(Cl)c(Cl)c2)cs1. The molecular weight excluding hydrogens is 493 g/mol. The molecule has 5 rings (SSSR count). The molecule has 1 atom stereocenters. The third-order valence-electron chi connectivity index (χ3n) is 5.73. The number of rotatable bonds is 5. The summed E-state index contributed by atoms with van der Waals surface area (Å²) in [6.07, 6.45) is 1.55. The summed E-state index contributed by atoms with van der Waals surface area (Å²) in [5.74, 6) is -0.978. The number of halogens is 2. The van der Waals surface area contributed by atoms with Crippen LogP contribution in [0.4, 0.5) is 5.13 Å². The number of esters is 1. The minimum atomic E-state index is -1.01. The lowest BCUT2D eigenvalue weighted by molar-refractivity contribution is -0.123. The number of ether oxygens (including phenoxy) is 1. The fraction of sp³-hybridized carbons (Fsp3) is 0.200. The van der Waals surface area contributed by atoms with E-state index in [2.05, 4.69) is 10.3 Å². The zero-order valence-corrected chi connectivity index (χ0v) is 20.4. The molecule has 1 N–H and O–H groups in total. The molecule has 0 radical (unpaired) electrons. The van der Waals surface area contributed by atoms with Crippen molar-refractivity contribution in [3.8, 4) is 11.3 Å². The molecule has 0 saturated carbocycles. The highest BCUT2D eigenvalue weighted by Gasteiger charge is 2.27. The summed E-state index contributed by atoms with van der Waals surface area (Å²) in [4.78, 5) is 35.0. The van der Waals surface area contributed by atoms with Crippen molar-refractivity contribution in [2.24, 2.45) is 0 Å². The normalized spacial score (nSPS) is 13.5. The highest BCUT2D eigenvalue weighted by atomic mass is 35.5. The molecule has 0 saturated heterocycles. The summed E-state index contributed by atoms with van der Waals surface area (Å²) in [6, 6.07) is 12.7. The number of carbonyl (C=O) groups is 2. The van der Waals surface area contributed by atoms with Crippen molar-refractivity contribution >= 4 is 62.4 Å². The molecular formula is C25H19Cl2N3O3S. The summed E-state index contributed by atoms with van der Waals surface area (Å²) in [5.41, 5.74) is 4.55. The van der Waals surface area contributed by atoms with E-state index >= 15 is 0 Å². The molecule has 2 aromatic carbocycles. The zero-order valence-electron chi connectivity index (χ0n) is 18.1. The Labute approximate surface area is 209 Å². The van der Waals surface area contributed by atoms with Crippen LogP contribution in [0.1, 0.15) is 35.0 Å². The molecule has 2 aromatic heterocycles. The number of hydrogen-bond donors (Lipinski definition) is 1. The van der Waals surface area contributed by atoms with E-state index in [4.69, 9.17) is 32.9 Å². The Hall–Kier alpha value is -3.00. The summed E-state index contributed by atoms with van der Waals surface area (Å²) >= 11 is 13.3. The second kappa shape index (κ2) is 9.33. The number of aromatic nitrogens is 2. The highest BCUT2D eigenvalue weighted by molar-refractivity contribution is 7.14. The maximum Gasteiger partial charge on any atom is 0.339 e. The van der Waals surface area contributed by atoms with Gasteiger partial charge < -0.3 is 4.74 Å². The van der Waals surface area contributed by atoms with Crippen LogP contribution in [0.2, 0.25) is 10.0 Å². The van der Waals surface area contributed by atoms with Crippen molar-refractivity contribution in [3.05, 3.63) is 74.7 Å². The van der Waals surface area contributed by atoms with E-state index in [1.807, 2.05) is 24.3 Å². The first-order valence-corrected chi connectivity index (χ1v) is 12.4. The Bertz CT molecular complexity index is 1440. The minimum Gasteiger partial charge on any atom is -0.449 e. The van der Waals surface area contributed by atoms with E-state index < -0.39 is 18.0 Å². The number of thiazole rings is 1. The van der Waals surface area contributed by atoms with Crippen molar-refractivity contribution in [1.82, 2.24) is 9.97 Å². The fourth-order valence-corrected chi connectivity index (χ4v) is 5.06. The van der Waals surface area contributed by atoms with E-state index in [0.717, 1.165) is 47.0 Å². The van der Waals surface area contributed by atoms with Gasteiger partial charge in [-0.3, -0.25) is 15.1 Å². The van der Waals surface area contributed by atoms with E-state index in [9.17, 15) is 9.59 Å². The Morgan fingerprint density at radius 1 is 1.09 bits per heavy atom. The molecule has 1 aliphatic rings.